The first kappa shape index (κ1) is 12.0. The third kappa shape index (κ3) is 3.22. The zero-order valence-electron chi connectivity index (χ0n) is 10.6. The van der Waals surface area contributed by atoms with Crippen molar-refractivity contribution in [2.75, 3.05) is 0 Å². The summed E-state index contributed by atoms with van der Waals surface area (Å²) < 4.78 is 5.55. The normalized spacial score (nSPS) is 11.9. The molecule has 0 spiro atoms. The summed E-state index contributed by atoms with van der Waals surface area (Å²) in [5, 5.41) is 0. The molecule has 15 heavy (non-hydrogen) atoms. The predicted octanol–water partition coefficient (Wildman–Crippen LogP) is 3.47. The zero-order valence-corrected chi connectivity index (χ0v) is 10.6. The average Bonchev–Trinajstić information content (AvgIpc) is 1.99. The van der Waals surface area contributed by atoms with Crippen LogP contribution in [0.1, 0.15) is 45.7 Å². The molecule has 0 atom stereocenters. The van der Waals surface area contributed by atoms with Crippen molar-refractivity contribution in [1.82, 2.24) is 4.98 Å². The van der Waals surface area contributed by atoms with Crippen molar-refractivity contribution < 1.29 is 4.74 Å². The minimum atomic E-state index is 0.146. The van der Waals surface area contributed by atoms with E-state index in [-0.39, 0.29) is 11.5 Å². The van der Waals surface area contributed by atoms with Crippen molar-refractivity contribution in [3.63, 3.8) is 0 Å². The molecule has 2 heteroatoms. The summed E-state index contributed by atoms with van der Waals surface area (Å²) in [5.74, 6) is 0.718. The number of hydrogen-bond acceptors (Lipinski definition) is 2. The summed E-state index contributed by atoms with van der Waals surface area (Å²) in [6.07, 6.45) is 2.10. The topological polar surface area (TPSA) is 22.1 Å². The molecule has 0 bridgehead atoms. The van der Waals surface area contributed by atoms with E-state index in [1.54, 1.807) is 0 Å². The Morgan fingerprint density at radius 1 is 1.27 bits per heavy atom. The van der Waals surface area contributed by atoms with E-state index in [1.807, 2.05) is 26.1 Å². The summed E-state index contributed by atoms with van der Waals surface area (Å²) in [4.78, 5) is 4.32. The molecule has 0 unspecified atom stereocenters. The van der Waals surface area contributed by atoms with E-state index in [0.717, 1.165) is 5.88 Å². The van der Waals surface area contributed by atoms with Gasteiger partial charge in [0.2, 0.25) is 5.88 Å². The van der Waals surface area contributed by atoms with E-state index in [0.29, 0.717) is 0 Å². The Morgan fingerprint density at radius 2 is 1.87 bits per heavy atom. The molecule has 0 aliphatic heterocycles. The Morgan fingerprint density at radius 3 is 2.27 bits per heavy atom. The largest absolute Gasteiger partial charge is 0.475 e. The summed E-state index contributed by atoms with van der Waals surface area (Å²) in [7, 11) is 0. The third-order valence-electron chi connectivity index (χ3n) is 2.25. The molecule has 0 radical (unpaired) electrons. The fourth-order valence-electron chi connectivity index (χ4n) is 1.62. The van der Waals surface area contributed by atoms with Gasteiger partial charge >= 0.3 is 0 Å². The number of rotatable bonds is 2. The summed E-state index contributed by atoms with van der Waals surface area (Å²) in [6.45, 7) is 12.7. The number of aromatic nitrogens is 1. The smallest absolute Gasteiger partial charge is 0.213 e. The van der Waals surface area contributed by atoms with Crippen molar-refractivity contribution in [3.05, 3.63) is 23.4 Å². The summed E-state index contributed by atoms with van der Waals surface area (Å²) >= 11 is 0. The van der Waals surface area contributed by atoms with E-state index in [9.17, 15) is 0 Å². The van der Waals surface area contributed by atoms with Gasteiger partial charge in [0.05, 0.1) is 6.10 Å². The second kappa shape index (κ2) is 4.21. The lowest BCUT2D eigenvalue weighted by Gasteiger charge is -2.21. The monoisotopic (exact) mass is 207 g/mol. The Kier molecular flexibility index (Phi) is 3.38. The molecule has 0 N–H and O–H groups in total. The van der Waals surface area contributed by atoms with Gasteiger partial charge in [-0.2, -0.15) is 0 Å². The highest BCUT2D eigenvalue weighted by atomic mass is 16.5. The fourth-order valence-corrected chi connectivity index (χ4v) is 1.62. The summed E-state index contributed by atoms with van der Waals surface area (Å²) in [6, 6.07) is 2.01. The Bertz CT molecular complexity index is 337. The minimum Gasteiger partial charge on any atom is -0.475 e. The van der Waals surface area contributed by atoms with Crippen LogP contribution < -0.4 is 4.74 Å². The van der Waals surface area contributed by atoms with Crippen LogP contribution in [-0.4, -0.2) is 11.1 Å². The lowest BCUT2D eigenvalue weighted by molar-refractivity contribution is 0.232. The lowest BCUT2D eigenvalue weighted by Crippen LogP contribution is -2.14. The van der Waals surface area contributed by atoms with Gasteiger partial charge in [0.15, 0.2) is 0 Å². The predicted molar refractivity (Wildman–Crippen MR) is 63.4 cm³/mol. The first-order valence-corrected chi connectivity index (χ1v) is 5.44. The molecule has 1 rings (SSSR count). The number of pyridine rings is 1. The van der Waals surface area contributed by atoms with Crippen molar-refractivity contribution in [2.24, 2.45) is 0 Å². The Labute approximate surface area is 92.7 Å². The second-order valence-electron chi connectivity index (χ2n) is 5.25. The number of nitrogens with zero attached hydrogens (tertiary/aromatic N) is 1. The van der Waals surface area contributed by atoms with Crippen LogP contribution in [-0.2, 0) is 5.41 Å². The molecule has 1 aromatic heterocycles. The van der Waals surface area contributed by atoms with Crippen molar-refractivity contribution in [3.8, 4) is 5.88 Å². The lowest BCUT2D eigenvalue weighted by atomic mass is 9.85. The molecule has 0 aliphatic rings. The molecule has 2 nitrogen and oxygen atoms in total. The molecule has 84 valence electrons. The van der Waals surface area contributed by atoms with Gasteiger partial charge < -0.3 is 4.74 Å². The molecule has 0 aliphatic carbocycles. The van der Waals surface area contributed by atoms with Crippen molar-refractivity contribution >= 4 is 0 Å². The average molecular weight is 207 g/mol. The van der Waals surface area contributed by atoms with Crippen LogP contribution in [0.4, 0.5) is 0 Å². The van der Waals surface area contributed by atoms with Gasteiger partial charge in [0, 0.05) is 12.3 Å². The van der Waals surface area contributed by atoms with Gasteiger partial charge in [-0.25, -0.2) is 4.98 Å². The van der Waals surface area contributed by atoms with Gasteiger partial charge in [0.25, 0.3) is 0 Å². The highest BCUT2D eigenvalue weighted by molar-refractivity contribution is 5.32. The van der Waals surface area contributed by atoms with Gasteiger partial charge in [-0.3, -0.25) is 0 Å². The van der Waals surface area contributed by atoms with E-state index < -0.39 is 0 Å². The highest BCUT2D eigenvalue weighted by Gasteiger charge is 2.17. The van der Waals surface area contributed by atoms with Crippen LogP contribution in [0.3, 0.4) is 0 Å². The Hall–Kier alpha value is -1.05. The first-order chi connectivity index (χ1) is 6.80. The van der Waals surface area contributed by atoms with Gasteiger partial charge in [0.1, 0.15) is 0 Å². The maximum Gasteiger partial charge on any atom is 0.213 e. The minimum absolute atomic E-state index is 0.146. The van der Waals surface area contributed by atoms with Gasteiger partial charge in [-0.1, -0.05) is 20.8 Å². The number of aryl methyl sites for hydroxylation is 1. The van der Waals surface area contributed by atoms with E-state index >= 15 is 0 Å². The zero-order chi connectivity index (χ0) is 11.6. The molecule has 1 aromatic rings. The van der Waals surface area contributed by atoms with E-state index in [1.165, 1.54) is 11.1 Å². The van der Waals surface area contributed by atoms with Crippen LogP contribution in [0.25, 0.3) is 0 Å². The molecule has 0 saturated carbocycles. The number of hydrogen-bond donors (Lipinski definition) is 0. The number of ether oxygens (including phenoxy) is 1. The molecule has 1 heterocycles. The Balaban J connectivity index is 2.99. The second-order valence-corrected chi connectivity index (χ2v) is 5.25. The first-order valence-electron chi connectivity index (χ1n) is 5.44. The molecule has 0 amide bonds. The molecule has 0 saturated heterocycles. The fraction of sp³-hybridized carbons (Fsp3) is 0.615. The van der Waals surface area contributed by atoms with Gasteiger partial charge in [-0.15, -0.1) is 0 Å². The summed E-state index contributed by atoms with van der Waals surface area (Å²) in [5.41, 5.74) is 2.67. The van der Waals surface area contributed by atoms with Crippen LogP contribution in [0.15, 0.2) is 12.3 Å². The maximum absolute atomic E-state index is 5.55. The molecule has 0 fully saturated rings. The van der Waals surface area contributed by atoms with Crippen LogP contribution >= 0.6 is 0 Å². The van der Waals surface area contributed by atoms with Crippen LogP contribution in [0.5, 0.6) is 5.88 Å². The quantitative estimate of drug-likeness (QED) is 0.740. The van der Waals surface area contributed by atoms with E-state index in [4.69, 9.17) is 4.74 Å². The molecule has 0 aromatic carbocycles. The van der Waals surface area contributed by atoms with Crippen LogP contribution in [0.2, 0.25) is 0 Å². The van der Waals surface area contributed by atoms with Crippen molar-refractivity contribution in [1.29, 1.82) is 0 Å². The molecular formula is C13H21NO. The maximum atomic E-state index is 5.55. The highest BCUT2D eigenvalue weighted by Crippen LogP contribution is 2.26. The van der Waals surface area contributed by atoms with Crippen LogP contribution in [0, 0.1) is 6.92 Å². The SMILES string of the molecule is Cc1cc(OC(C)C)ncc1C(C)(C)C. The standard InChI is InChI=1S/C13H21NO/c1-9(2)15-12-7-10(3)11(8-14-12)13(4,5)6/h7-9H,1-6H3. The van der Waals surface area contributed by atoms with Gasteiger partial charge in [-0.05, 0) is 37.3 Å². The van der Waals surface area contributed by atoms with E-state index in [2.05, 4.69) is 32.7 Å². The van der Waals surface area contributed by atoms with Crippen molar-refractivity contribution in [2.45, 2.75) is 53.1 Å². The molecular weight excluding hydrogens is 186 g/mol. The third-order valence-corrected chi connectivity index (χ3v) is 2.25.